The molecule has 1 unspecified atom stereocenters. The summed E-state index contributed by atoms with van der Waals surface area (Å²) in [6, 6.07) is 0. The van der Waals surface area contributed by atoms with E-state index in [1.807, 2.05) is 6.92 Å². The molecule has 0 bridgehead atoms. The summed E-state index contributed by atoms with van der Waals surface area (Å²) < 4.78 is 28.4. The molecule has 0 aromatic rings. The molecule has 19 heavy (non-hydrogen) atoms. The van der Waals surface area contributed by atoms with Crippen molar-refractivity contribution in [2.75, 3.05) is 26.2 Å². The van der Waals surface area contributed by atoms with E-state index in [1.54, 1.807) is 4.31 Å². The van der Waals surface area contributed by atoms with Crippen molar-refractivity contribution in [3.63, 3.8) is 0 Å². The van der Waals surface area contributed by atoms with Gasteiger partial charge in [-0.3, -0.25) is 0 Å². The summed E-state index contributed by atoms with van der Waals surface area (Å²) in [5, 5.41) is 3.46. The monoisotopic (exact) mass is 291 g/mol. The number of piperidine rings is 1. The zero-order valence-electron chi connectivity index (χ0n) is 12.7. The molecule has 1 aliphatic rings. The van der Waals surface area contributed by atoms with E-state index in [4.69, 9.17) is 0 Å². The first-order chi connectivity index (χ1) is 8.74. The second-order valence-corrected chi connectivity index (χ2v) is 8.15. The quantitative estimate of drug-likeness (QED) is 0.776. The number of nitrogens with one attached hydrogen (secondary N) is 2. The Kier molecular flexibility index (Phi) is 6.23. The van der Waals surface area contributed by atoms with Crippen LogP contribution in [0.5, 0.6) is 0 Å². The van der Waals surface area contributed by atoms with Crippen molar-refractivity contribution in [2.45, 2.75) is 52.5 Å². The normalized spacial score (nSPS) is 22.6. The first-order valence-corrected chi connectivity index (χ1v) is 8.68. The van der Waals surface area contributed by atoms with Gasteiger partial charge in [-0.2, -0.15) is 12.7 Å². The first-order valence-electron chi connectivity index (χ1n) is 7.24. The lowest BCUT2D eigenvalue weighted by atomic mass is 9.98. The predicted octanol–water partition coefficient (Wildman–Crippen LogP) is 1.33. The van der Waals surface area contributed by atoms with Gasteiger partial charge in [0.05, 0.1) is 0 Å². The maximum Gasteiger partial charge on any atom is 0.279 e. The van der Waals surface area contributed by atoms with Gasteiger partial charge in [0.1, 0.15) is 0 Å². The van der Waals surface area contributed by atoms with Crippen molar-refractivity contribution in [2.24, 2.45) is 5.92 Å². The Morgan fingerprint density at radius 1 is 1.32 bits per heavy atom. The Morgan fingerprint density at radius 3 is 2.58 bits per heavy atom. The third-order valence-electron chi connectivity index (χ3n) is 3.28. The van der Waals surface area contributed by atoms with Gasteiger partial charge in [0.2, 0.25) is 0 Å². The van der Waals surface area contributed by atoms with Crippen LogP contribution in [0.3, 0.4) is 0 Å². The van der Waals surface area contributed by atoms with Crippen LogP contribution in [0.15, 0.2) is 0 Å². The molecule has 0 spiro atoms. The first kappa shape index (κ1) is 16.9. The van der Waals surface area contributed by atoms with Gasteiger partial charge in [-0.15, -0.1) is 0 Å². The molecular weight excluding hydrogens is 262 g/mol. The van der Waals surface area contributed by atoms with Gasteiger partial charge in [-0.05, 0) is 52.5 Å². The summed E-state index contributed by atoms with van der Waals surface area (Å²) in [7, 11) is -3.28. The van der Waals surface area contributed by atoms with Crippen molar-refractivity contribution in [3.8, 4) is 0 Å². The average molecular weight is 291 g/mol. The van der Waals surface area contributed by atoms with Crippen molar-refractivity contribution in [3.05, 3.63) is 0 Å². The third kappa shape index (κ3) is 6.21. The van der Waals surface area contributed by atoms with Crippen molar-refractivity contribution < 1.29 is 8.42 Å². The smallest absolute Gasteiger partial charge is 0.279 e. The predicted molar refractivity (Wildman–Crippen MR) is 79.3 cm³/mol. The van der Waals surface area contributed by atoms with Crippen LogP contribution < -0.4 is 10.0 Å². The Bertz CT molecular complexity index is 363. The third-order valence-corrected chi connectivity index (χ3v) is 4.86. The van der Waals surface area contributed by atoms with E-state index in [0.29, 0.717) is 25.6 Å². The highest BCUT2D eigenvalue weighted by atomic mass is 32.2. The van der Waals surface area contributed by atoms with E-state index in [-0.39, 0.29) is 5.54 Å². The number of rotatable bonds is 6. The minimum atomic E-state index is -3.28. The lowest BCUT2D eigenvalue weighted by Crippen LogP contribution is -2.49. The molecule has 0 radical (unpaired) electrons. The summed E-state index contributed by atoms with van der Waals surface area (Å²) in [6.45, 7) is 11.0. The highest BCUT2D eigenvalue weighted by Crippen LogP contribution is 2.18. The van der Waals surface area contributed by atoms with Crippen LogP contribution in [0.2, 0.25) is 0 Å². The van der Waals surface area contributed by atoms with E-state index in [1.165, 1.54) is 0 Å². The largest absolute Gasteiger partial charge is 0.312 e. The number of nitrogens with zero attached hydrogens (tertiary/aromatic N) is 1. The molecule has 2 N–H and O–H groups in total. The molecule has 0 amide bonds. The number of hydrogen-bond acceptors (Lipinski definition) is 3. The van der Waals surface area contributed by atoms with Crippen LogP contribution in [0.4, 0.5) is 0 Å². The minimum absolute atomic E-state index is 0.0849. The van der Waals surface area contributed by atoms with Crippen molar-refractivity contribution >= 4 is 10.2 Å². The Labute approximate surface area is 118 Å². The second-order valence-electron chi connectivity index (χ2n) is 6.40. The van der Waals surface area contributed by atoms with Gasteiger partial charge in [-0.25, -0.2) is 4.72 Å². The van der Waals surface area contributed by atoms with Gasteiger partial charge in [0.15, 0.2) is 0 Å². The minimum Gasteiger partial charge on any atom is -0.312 e. The fraction of sp³-hybridized carbons (Fsp3) is 1.00. The van der Waals surface area contributed by atoms with Crippen LogP contribution in [-0.2, 0) is 10.2 Å². The average Bonchev–Trinajstić information content (AvgIpc) is 2.33. The van der Waals surface area contributed by atoms with Gasteiger partial charge < -0.3 is 5.32 Å². The lowest BCUT2D eigenvalue weighted by molar-refractivity contribution is 0.243. The van der Waals surface area contributed by atoms with Gasteiger partial charge in [0, 0.05) is 25.2 Å². The summed E-state index contributed by atoms with van der Waals surface area (Å²) in [4.78, 5) is 0. The molecule has 1 saturated heterocycles. The van der Waals surface area contributed by atoms with Crippen LogP contribution >= 0.6 is 0 Å². The van der Waals surface area contributed by atoms with E-state index >= 15 is 0 Å². The molecular formula is C13H29N3O2S. The molecule has 1 heterocycles. The van der Waals surface area contributed by atoms with Gasteiger partial charge in [-0.1, -0.05) is 6.92 Å². The van der Waals surface area contributed by atoms with E-state index in [9.17, 15) is 8.42 Å². The molecule has 1 fully saturated rings. The molecule has 114 valence electrons. The zero-order chi connectivity index (χ0) is 14.5. The fourth-order valence-corrected chi connectivity index (χ4v) is 3.61. The van der Waals surface area contributed by atoms with Gasteiger partial charge >= 0.3 is 0 Å². The standard InChI is InChI=1S/C13H29N3O2S/c1-5-8-15-19(17,18)16-9-6-7-12(11-16)10-14-13(2,3)4/h12,14-15H,5-11H2,1-4H3. The maximum atomic E-state index is 12.1. The van der Waals surface area contributed by atoms with Gasteiger partial charge in [0.25, 0.3) is 10.2 Å². The molecule has 1 rings (SSSR count). The lowest BCUT2D eigenvalue weighted by Gasteiger charge is -2.33. The molecule has 0 aromatic heterocycles. The fourth-order valence-electron chi connectivity index (χ4n) is 2.18. The second kappa shape index (κ2) is 7.02. The van der Waals surface area contributed by atoms with Crippen molar-refractivity contribution in [1.82, 2.24) is 14.3 Å². The maximum absolute atomic E-state index is 12.1. The molecule has 0 aromatic carbocycles. The van der Waals surface area contributed by atoms with Crippen LogP contribution in [0.1, 0.15) is 47.0 Å². The topological polar surface area (TPSA) is 61.4 Å². The molecule has 0 saturated carbocycles. The number of hydrogen-bond donors (Lipinski definition) is 2. The molecule has 5 nitrogen and oxygen atoms in total. The van der Waals surface area contributed by atoms with E-state index in [2.05, 4.69) is 30.8 Å². The Balaban J connectivity index is 2.50. The molecule has 1 aliphatic heterocycles. The Hall–Kier alpha value is -0.170. The Morgan fingerprint density at radius 2 is 2.00 bits per heavy atom. The molecule has 0 aliphatic carbocycles. The highest BCUT2D eigenvalue weighted by Gasteiger charge is 2.28. The highest BCUT2D eigenvalue weighted by molar-refractivity contribution is 7.87. The summed E-state index contributed by atoms with van der Waals surface area (Å²) in [6.07, 6.45) is 2.87. The van der Waals surface area contributed by atoms with E-state index in [0.717, 1.165) is 25.8 Å². The summed E-state index contributed by atoms with van der Waals surface area (Å²) in [5.41, 5.74) is 0.0849. The van der Waals surface area contributed by atoms with E-state index < -0.39 is 10.2 Å². The molecule has 6 heteroatoms. The molecule has 1 atom stereocenters. The van der Waals surface area contributed by atoms with Crippen LogP contribution in [-0.4, -0.2) is 44.4 Å². The zero-order valence-corrected chi connectivity index (χ0v) is 13.5. The summed E-state index contributed by atoms with van der Waals surface area (Å²) in [5.74, 6) is 0.408. The van der Waals surface area contributed by atoms with Crippen LogP contribution in [0, 0.1) is 5.92 Å². The van der Waals surface area contributed by atoms with Crippen molar-refractivity contribution in [1.29, 1.82) is 0 Å². The SMILES string of the molecule is CCCNS(=O)(=O)N1CCCC(CNC(C)(C)C)C1. The van der Waals surface area contributed by atoms with Crippen LogP contribution in [0.25, 0.3) is 0 Å². The summed E-state index contributed by atoms with van der Waals surface area (Å²) >= 11 is 0.